The number of halogens is 1. The van der Waals surface area contributed by atoms with E-state index in [9.17, 15) is 4.79 Å². The fraction of sp³-hybridized carbons (Fsp3) is 0. The van der Waals surface area contributed by atoms with E-state index in [4.69, 9.17) is 0 Å². The smallest absolute Gasteiger partial charge is 0.256 e. The van der Waals surface area contributed by atoms with E-state index in [1.165, 1.54) is 6.33 Å². The van der Waals surface area contributed by atoms with Crippen LogP contribution in [0.25, 0.3) is 5.69 Å². The summed E-state index contributed by atoms with van der Waals surface area (Å²) in [6.45, 7) is 0. The van der Waals surface area contributed by atoms with E-state index in [-0.39, 0.29) is 5.91 Å². The molecule has 0 spiro atoms. The average molecular weight is 390 g/mol. The van der Waals surface area contributed by atoms with E-state index in [1.54, 1.807) is 17.1 Å². The zero-order chi connectivity index (χ0) is 14.7. The molecule has 5 nitrogen and oxygen atoms in total. The first-order chi connectivity index (χ1) is 10.3. The SMILES string of the molecule is O=C(Nc1ccccc1-n1cncn1)c1ccccc1I. The molecule has 1 aromatic heterocycles. The van der Waals surface area contributed by atoms with Gasteiger partial charge in [0.15, 0.2) is 0 Å². The van der Waals surface area contributed by atoms with Gasteiger partial charge in [0.2, 0.25) is 0 Å². The zero-order valence-corrected chi connectivity index (χ0v) is 13.1. The summed E-state index contributed by atoms with van der Waals surface area (Å²) in [4.78, 5) is 16.3. The molecule has 6 heteroatoms. The standard InChI is InChI=1S/C15H11IN4O/c16-12-6-2-1-5-11(12)15(21)19-13-7-3-4-8-14(13)20-10-17-9-18-20/h1-10H,(H,19,21). The number of amides is 1. The van der Waals surface area contributed by atoms with Crippen molar-refractivity contribution in [3.8, 4) is 5.69 Å². The molecule has 1 N–H and O–H groups in total. The van der Waals surface area contributed by atoms with Gasteiger partial charge in [0.1, 0.15) is 12.7 Å². The highest BCUT2D eigenvalue weighted by atomic mass is 127. The molecule has 0 bridgehead atoms. The molecule has 21 heavy (non-hydrogen) atoms. The van der Waals surface area contributed by atoms with Crippen molar-refractivity contribution in [1.82, 2.24) is 14.8 Å². The van der Waals surface area contributed by atoms with E-state index >= 15 is 0 Å². The Morgan fingerprint density at radius 3 is 2.62 bits per heavy atom. The Labute approximate surface area is 135 Å². The van der Waals surface area contributed by atoms with Crippen LogP contribution in [0.15, 0.2) is 61.2 Å². The maximum Gasteiger partial charge on any atom is 0.256 e. The van der Waals surface area contributed by atoms with Crippen LogP contribution in [0.5, 0.6) is 0 Å². The molecule has 0 aliphatic heterocycles. The van der Waals surface area contributed by atoms with E-state index in [0.717, 1.165) is 9.26 Å². The number of nitrogens with one attached hydrogen (secondary N) is 1. The number of hydrogen-bond acceptors (Lipinski definition) is 3. The van der Waals surface area contributed by atoms with Crippen LogP contribution < -0.4 is 5.32 Å². The third-order valence-electron chi connectivity index (χ3n) is 2.94. The molecule has 104 valence electrons. The van der Waals surface area contributed by atoms with E-state index in [0.29, 0.717) is 11.3 Å². The molecule has 0 aliphatic carbocycles. The molecule has 3 aromatic rings. The average Bonchev–Trinajstić information content (AvgIpc) is 3.02. The number of carbonyl (C=O) groups excluding carboxylic acids is 1. The van der Waals surface area contributed by atoms with Crippen LogP contribution in [0.1, 0.15) is 10.4 Å². The monoisotopic (exact) mass is 390 g/mol. The number of rotatable bonds is 3. The van der Waals surface area contributed by atoms with Gasteiger partial charge >= 0.3 is 0 Å². The van der Waals surface area contributed by atoms with Crippen LogP contribution in [0.4, 0.5) is 5.69 Å². The second-order valence-corrected chi connectivity index (χ2v) is 5.45. The Kier molecular flexibility index (Phi) is 3.96. The largest absolute Gasteiger partial charge is 0.320 e. The molecule has 0 atom stereocenters. The first kappa shape index (κ1) is 13.7. The van der Waals surface area contributed by atoms with Gasteiger partial charge in [0.25, 0.3) is 5.91 Å². The van der Waals surface area contributed by atoms with Gasteiger partial charge in [-0.3, -0.25) is 4.79 Å². The second kappa shape index (κ2) is 6.04. The third-order valence-corrected chi connectivity index (χ3v) is 3.88. The van der Waals surface area contributed by atoms with Crippen molar-refractivity contribution in [3.63, 3.8) is 0 Å². The van der Waals surface area contributed by atoms with Crippen LogP contribution in [-0.2, 0) is 0 Å². The van der Waals surface area contributed by atoms with Crippen molar-refractivity contribution in [3.05, 3.63) is 70.3 Å². The molecule has 0 saturated carbocycles. The van der Waals surface area contributed by atoms with Crippen molar-refractivity contribution < 1.29 is 4.79 Å². The Bertz CT molecular complexity index is 771. The summed E-state index contributed by atoms with van der Waals surface area (Å²) in [5.74, 6) is -0.146. The minimum absolute atomic E-state index is 0.146. The topological polar surface area (TPSA) is 59.8 Å². The number of carbonyl (C=O) groups is 1. The summed E-state index contributed by atoms with van der Waals surface area (Å²) in [6.07, 6.45) is 3.05. The molecule has 1 amide bonds. The van der Waals surface area contributed by atoms with Gasteiger partial charge in [-0.2, -0.15) is 5.10 Å². The number of anilines is 1. The lowest BCUT2D eigenvalue weighted by Gasteiger charge is -2.11. The van der Waals surface area contributed by atoms with Gasteiger partial charge in [0.05, 0.1) is 16.9 Å². The second-order valence-electron chi connectivity index (χ2n) is 4.29. The minimum Gasteiger partial charge on any atom is -0.320 e. The van der Waals surface area contributed by atoms with Crippen LogP contribution in [0.3, 0.4) is 0 Å². The molecular formula is C15H11IN4O. The lowest BCUT2D eigenvalue weighted by atomic mass is 10.2. The van der Waals surface area contributed by atoms with E-state index < -0.39 is 0 Å². The van der Waals surface area contributed by atoms with Crippen LogP contribution >= 0.6 is 22.6 Å². The number of para-hydroxylation sites is 2. The zero-order valence-electron chi connectivity index (χ0n) is 10.9. The number of nitrogens with zero attached hydrogens (tertiary/aromatic N) is 3. The number of benzene rings is 2. The lowest BCUT2D eigenvalue weighted by molar-refractivity contribution is 0.102. The Morgan fingerprint density at radius 2 is 1.86 bits per heavy atom. The first-order valence-electron chi connectivity index (χ1n) is 6.25. The fourth-order valence-electron chi connectivity index (χ4n) is 1.95. The van der Waals surface area contributed by atoms with Crippen LogP contribution in [0.2, 0.25) is 0 Å². The van der Waals surface area contributed by atoms with E-state index in [2.05, 4.69) is 38.0 Å². The maximum atomic E-state index is 12.4. The summed E-state index contributed by atoms with van der Waals surface area (Å²) >= 11 is 2.15. The van der Waals surface area contributed by atoms with Gasteiger partial charge in [-0.1, -0.05) is 24.3 Å². The molecule has 0 unspecified atom stereocenters. The Hall–Kier alpha value is -2.22. The number of aromatic nitrogens is 3. The summed E-state index contributed by atoms with van der Waals surface area (Å²) in [7, 11) is 0. The summed E-state index contributed by atoms with van der Waals surface area (Å²) in [6, 6.07) is 14.9. The minimum atomic E-state index is -0.146. The van der Waals surface area contributed by atoms with Gasteiger partial charge in [0, 0.05) is 3.57 Å². The molecule has 1 heterocycles. The van der Waals surface area contributed by atoms with Gasteiger partial charge in [-0.15, -0.1) is 0 Å². The molecule has 0 aliphatic rings. The quantitative estimate of drug-likeness (QED) is 0.700. The normalized spacial score (nSPS) is 10.3. The summed E-state index contributed by atoms with van der Waals surface area (Å²) in [5.41, 5.74) is 2.11. The molecule has 0 saturated heterocycles. The summed E-state index contributed by atoms with van der Waals surface area (Å²) < 4.78 is 2.52. The third kappa shape index (κ3) is 2.94. The van der Waals surface area contributed by atoms with E-state index in [1.807, 2.05) is 42.5 Å². The van der Waals surface area contributed by atoms with Gasteiger partial charge in [-0.25, -0.2) is 9.67 Å². The molecule has 3 rings (SSSR count). The Morgan fingerprint density at radius 1 is 1.10 bits per heavy atom. The highest BCUT2D eigenvalue weighted by Gasteiger charge is 2.12. The van der Waals surface area contributed by atoms with Crippen molar-refractivity contribution in [2.45, 2.75) is 0 Å². The molecule has 0 fully saturated rings. The molecule has 0 radical (unpaired) electrons. The lowest BCUT2D eigenvalue weighted by Crippen LogP contribution is -2.15. The maximum absolute atomic E-state index is 12.4. The van der Waals surface area contributed by atoms with Gasteiger partial charge < -0.3 is 5.32 Å². The summed E-state index contributed by atoms with van der Waals surface area (Å²) in [5, 5.41) is 7.02. The highest BCUT2D eigenvalue weighted by molar-refractivity contribution is 14.1. The van der Waals surface area contributed by atoms with Gasteiger partial charge in [-0.05, 0) is 46.9 Å². The first-order valence-corrected chi connectivity index (χ1v) is 7.33. The number of hydrogen-bond donors (Lipinski definition) is 1. The van der Waals surface area contributed by atoms with Crippen molar-refractivity contribution in [2.24, 2.45) is 0 Å². The van der Waals surface area contributed by atoms with Crippen LogP contribution in [0, 0.1) is 3.57 Å². The van der Waals surface area contributed by atoms with Crippen molar-refractivity contribution in [1.29, 1.82) is 0 Å². The fourth-order valence-corrected chi connectivity index (χ4v) is 2.58. The Balaban J connectivity index is 1.93. The van der Waals surface area contributed by atoms with Crippen molar-refractivity contribution >= 4 is 34.2 Å². The molecule has 2 aromatic carbocycles. The predicted molar refractivity (Wildman–Crippen MR) is 88.5 cm³/mol. The molecular weight excluding hydrogens is 379 g/mol. The van der Waals surface area contributed by atoms with Crippen LogP contribution in [-0.4, -0.2) is 20.7 Å². The van der Waals surface area contributed by atoms with Crippen molar-refractivity contribution in [2.75, 3.05) is 5.32 Å². The predicted octanol–water partition coefficient (Wildman–Crippen LogP) is 3.12. The highest BCUT2D eigenvalue weighted by Crippen LogP contribution is 2.20.